The highest BCUT2D eigenvalue weighted by Crippen LogP contribution is 2.30. The molecule has 2 aromatic rings. The van der Waals surface area contributed by atoms with E-state index in [9.17, 15) is 4.79 Å². The molecule has 0 unspecified atom stereocenters. The molecule has 0 bridgehead atoms. The van der Waals surface area contributed by atoms with Gasteiger partial charge in [0.1, 0.15) is 5.75 Å². The van der Waals surface area contributed by atoms with Crippen molar-refractivity contribution in [3.05, 3.63) is 57.6 Å². The molecule has 1 atom stereocenters. The topological polar surface area (TPSA) is 38.3 Å². The number of hydrogen-bond acceptors (Lipinski definition) is 2. The van der Waals surface area contributed by atoms with Crippen molar-refractivity contribution >= 4 is 34.8 Å². The fraction of sp³-hybridized carbons (Fsp3) is 0.316. The lowest BCUT2D eigenvalue weighted by molar-refractivity contribution is -0.122. The van der Waals surface area contributed by atoms with E-state index in [0.717, 1.165) is 16.8 Å². The lowest BCUT2D eigenvalue weighted by Gasteiger charge is -2.20. The zero-order chi connectivity index (χ0) is 17.9. The number of carbonyl (C=O) groups is 1. The number of anilines is 1. The summed E-state index contributed by atoms with van der Waals surface area (Å²) in [6.45, 7) is 7.84. The molecule has 1 N–H and O–H groups in total. The van der Waals surface area contributed by atoms with Gasteiger partial charge < -0.3 is 10.1 Å². The average Bonchev–Trinajstić information content (AvgIpc) is 2.52. The molecule has 24 heavy (non-hydrogen) atoms. The van der Waals surface area contributed by atoms with Gasteiger partial charge in [-0.2, -0.15) is 0 Å². The highest BCUT2D eigenvalue weighted by atomic mass is 35.5. The summed E-state index contributed by atoms with van der Waals surface area (Å²) in [7, 11) is 0. The van der Waals surface area contributed by atoms with E-state index >= 15 is 0 Å². The molecule has 2 rings (SSSR count). The number of halogens is 2. The Morgan fingerprint density at radius 3 is 2.50 bits per heavy atom. The van der Waals surface area contributed by atoms with Gasteiger partial charge in [0.25, 0.3) is 5.91 Å². The average molecular weight is 366 g/mol. The second-order valence-electron chi connectivity index (χ2n) is 6.02. The third kappa shape index (κ3) is 4.43. The second-order valence-corrected chi connectivity index (χ2v) is 6.86. The maximum Gasteiger partial charge on any atom is 0.265 e. The Bertz CT molecular complexity index is 744. The van der Waals surface area contributed by atoms with E-state index in [1.165, 1.54) is 0 Å². The third-order valence-electron chi connectivity index (χ3n) is 3.74. The molecule has 0 aliphatic rings. The standard InChI is InChI=1S/C19H21Cl2NO2/c1-11(2)15-7-5-6-12(3)18(15)22-19(23)13(4)24-17-10-14(20)8-9-16(17)21/h5-11,13H,1-4H3,(H,22,23)/t13-/m1/s1. The molecular weight excluding hydrogens is 345 g/mol. The van der Waals surface area contributed by atoms with Gasteiger partial charge in [-0.25, -0.2) is 0 Å². The molecule has 128 valence electrons. The van der Waals surface area contributed by atoms with E-state index in [1.54, 1.807) is 25.1 Å². The molecular formula is C19H21Cl2NO2. The number of aryl methyl sites for hydroxylation is 1. The number of hydrogen-bond donors (Lipinski definition) is 1. The van der Waals surface area contributed by atoms with Crippen LogP contribution in [0.3, 0.4) is 0 Å². The second kappa shape index (κ2) is 7.91. The summed E-state index contributed by atoms with van der Waals surface area (Å²) >= 11 is 12.0. The van der Waals surface area contributed by atoms with Crippen LogP contribution in [0, 0.1) is 6.92 Å². The van der Waals surface area contributed by atoms with Crippen molar-refractivity contribution in [3.8, 4) is 5.75 Å². The Balaban J connectivity index is 2.17. The number of para-hydroxylation sites is 1. The Kier molecular flexibility index (Phi) is 6.14. The zero-order valence-electron chi connectivity index (χ0n) is 14.2. The predicted octanol–water partition coefficient (Wildman–Crippen LogP) is 5.83. The molecule has 0 radical (unpaired) electrons. The number of benzene rings is 2. The first-order valence-electron chi connectivity index (χ1n) is 7.81. The predicted molar refractivity (Wildman–Crippen MR) is 100 cm³/mol. The first-order chi connectivity index (χ1) is 11.3. The maximum atomic E-state index is 12.5. The summed E-state index contributed by atoms with van der Waals surface area (Å²) in [5.74, 6) is 0.460. The Labute approximate surface area is 152 Å². The minimum atomic E-state index is -0.708. The SMILES string of the molecule is Cc1cccc(C(C)C)c1NC(=O)[C@@H](C)Oc1cc(Cl)ccc1Cl. The van der Waals surface area contributed by atoms with E-state index < -0.39 is 6.10 Å². The number of nitrogens with one attached hydrogen (secondary N) is 1. The molecule has 0 aromatic heterocycles. The third-order valence-corrected chi connectivity index (χ3v) is 4.29. The van der Waals surface area contributed by atoms with Crippen LogP contribution in [0.15, 0.2) is 36.4 Å². The summed E-state index contributed by atoms with van der Waals surface area (Å²) < 4.78 is 5.67. The minimum absolute atomic E-state index is 0.234. The van der Waals surface area contributed by atoms with Crippen molar-refractivity contribution in [2.24, 2.45) is 0 Å². The van der Waals surface area contributed by atoms with Gasteiger partial charge in [0.2, 0.25) is 0 Å². The molecule has 0 aliphatic heterocycles. The summed E-state index contributed by atoms with van der Waals surface area (Å²) in [5, 5.41) is 3.89. The van der Waals surface area contributed by atoms with Crippen LogP contribution in [0.5, 0.6) is 5.75 Å². The van der Waals surface area contributed by atoms with E-state index in [2.05, 4.69) is 19.2 Å². The fourth-order valence-electron chi connectivity index (χ4n) is 2.38. The number of amides is 1. The van der Waals surface area contributed by atoms with Crippen LogP contribution in [-0.2, 0) is 4.79 Å². The van der Waals surface area contributed by atoms with Gasteiger partial charge in [-0.15, -0.1) is 0 Å². The summed E-state index contributed by atoms with van der Waals surface area (Å²) in [5.41, 5.74) is 2.95. The van der Waals surface area contributed by atoms with Crippen molar-refractivity contribution in [3.63, 3.8) is 0 Å². The Morgan fingerprint density at radius 2 is 1.83 bits per heavy atom. The molecule has 0 aliphatic carbocycles. The number of ether oxygens (including phenoxy) is 1. The highest BCUT2D eigenvalue weighted by Gasteiger charge is 2.19. The van der Waals surface area contributed by atoms with E-state index in [1.807, 2.05) is 25.1 Å². The minimum Gasteiger partial charge on any atom is -0.479 e. The quantitative estimate of drug-likeness (QED) is 0.723. The smallest absolute Gasteiger partial charge is 0.265 e. The molecule has 0 heterocycles. The zero-order valence-corrected chi connectivity index (χ0v) is 15.7. The van der Waals surface area contributed by atoms with Crippen LogP contribution in [-0.4, -0.2) is 12.0 Å². The lowest BCUT2D eigenvalue weighted by atomic mass is 9.98. The fourth-order valence-corrected chi connectivity index (χ4v) is 2.70. The van der Waals surface area contributed by atoms with Crippen molar-refractivity contribution in [1.82, 2.24) is 0 Å². The normalized spacial score (nSPS) is 12.1. The van der Waals surface area contributed by atoms with E-state index in [4.69, 9.17) is 27.9 Å². The molecule has 5 heteroatoms. The van der Waals surface area contributed by atoms with Crippen LogP contribution >= 0.6 is 23.2 Å². The first kappa shape index (κ1) is 18.6. The lowest BCUT2D eigenvalue weighted by Crippen LogP contribution is -2.31. The van der Waals surface area contributed by atoms with Gasteiger partial charge in [-0.3, -0.25) is 4.79 Å². The summed E-state index contributed by atoms with van der Waals surface area (Å²) in [6.07, 6.45) is -0.708. The largest absolute Gasteiger partial charge is 0.479 e. The van der Waals surface area contributed by atoms with E-state index in [0.29, 0.717) is 21.7 Å². The van der Waals surface area contributed by atoms with Crippen LogP contribution in [0.1, 0.15) is 37.8 Å². The molecule has 2 aromatic carbocycles. The highest BCUT2D eigenvalue weighted by molar-refractivity contribution is 6.34. The van der Waals surface area contributed by atoms with Crippen LogP contribution in [0.4, 0.5) is 5.69 Å². The number of rotatable bonds is 5. The van der Waals surface area contributed by atoms with Crippen molar-refractivity contribution in [1.29, 1.82) is 0 Å². The Morgan fingerprint density at radius 1 is 1.12 bits per heavy atom. The van der Waals surface area contributed by atoms with Crippen molar-refractivity contribution in [2.75, 3.05) is 5.32 Å². The first-order valence-corrected chi connectivity index (χ1v) is 8.57. The van der Waals surface area contributed by atoms with Gasteiger partial charge in [0.15, 0.2) is 6.10 Å². The molecule has 0 saturated carbocycles. The molecule has 1 amide bonds. The van der Waals surface area contributed by atoms with Crippen molar-refractivity contribution < 1.29 is 9.53 Å². The van der Waals surface area contributed by atoms with Gasteiger partial charge in [-0.05, 0) is 43.0 Å². The maximum absolute atomic E-state index is 12.5. The van der Waals surface area contributed by atoms with E-state index in [-0.39, 0.29) is 5.91 Å². The monoisotopic (exact) mass is 365 g/mol. The molecule has 0 saturated heterocycles. The van der Waals surface area contributed by atoms with Crippen LogP contribution in [0.2, 0.25) is 10.0 Å². The summed E-state index contributed by atoms with van der Waals surface area (Å²) in [4.78, 5) is 12.5. The van der Waals surface area contributed by atoms with Gasteiger partial charge in [0.05, 0.1) is 5.02 Å². The Hall–Kier alpha value is -1.71. The van der Waals surface area contributed by atoms with Crippen LogP contribution < -0.4 is 10.1 Å². The van der Waals surface area contributed by atoms with Gasteiger partial charge in [-0.1, -0.05) is 55.2 Å². The molecule has 3 nitrogen and oxygen atoms in total. The molecule has 0 spiro atoms. The molecule has 0 fully saturated rings. The van der Waals surface area contributed by atoms with Crippen molar-refractivity contribution in [2.45, 2.75) is 39.7 Å². The van der Waals surface area contributed by atoms with Gasteiger partial charge >= 0.3 is 0 Å². The van der Waals surface area contributed by atoms with Gasteiger partial charge in [0, 0.05) is 16.8 Å². The summed E-state index contributed by atoms with van der Waals surface area (Å²) in [6, 6.07) is 10.9. The number of carbonyl (C=O) groups excluding carboxylic acids is 1. The van der Waals surface area contributed by atoms with Crippen LogP contribution in [0.25, 0.3) is 0 Å².